The molecule has 0 saturated carbocycles. The third-order valence-electron chi connectivity index (χ3n) is 3.86. The van der Waals surface area contributed by atoms with Gasteiger partial charge in [-0.2, -0.15) is 0 Å². The van der Waals surface area contributed by atoms with Crippen LogP contribution in [-0.4, -0.2) is 23.8 Å². The summed E-state index contributed by atoms with van der Waals surface area (Å²) in [5.41, 5.74) is 3.68. The predicted octanol–water partition coefficient (Wildman–Crippen LogP) is 1.92. The maximum atomic E-state index is 12.0. The molecule has 3 rings (SSSR count). The number of aromatic nitrogens is 1. The van der Waals surface area contributed by atoms with E-state index in [0.717, 1.165) is 23.2 Å². The molecule has 5 nitrogen and oxygen atoms in total. The van der Waals surface area contributed by atoms with Gasteiger partial charge >= 0.3 is 0 Å². The maximum absolute atomic E-state index is 12.0. The fraction of sp³-hybridized carbons (Fsp3) is 0.235. The highest BCUT2D eigenvalue weighted by atomic mass is 16.2. The zero-order valence-electron chi connectivity index (χ0n) is 12.4. The lowest BCUT2D eigenvalue weighted by molar-refractivity contribution is -0.118. The molecular formula is C17H17N3O2. The van der Waals surface area contributed by atoms with Gasteiger partial charge in [0.2, 0.25) is 5.91 Å². The van der Waals surface area contributed by atoms with Gasteiger partial charge in [0, 0.05) is 38.1 Å². The predicted molar refractivity (Wildman–Crippen MR) is 83.6 cm³/mol. The van der Waals surface area contributed by atoms with Gasteiger partial charge in [-0.15, -0.1) is 0 Å². The molecule has 2 aromatic rings. The van der Waals surface area contributed by atoms with Gasteiger partial charge in [-0.1, -0.05) is 12.1 Å². The molecule has 2 amide bonds. The van der Waals surface area contributed by atoms with Gasteiger partial charge in [0.15, 0.2) is 0 Å². The van der Waals surface area contributed by atoms with E-state index in [0.29, 0.717) is 18.5 Å². The molecule has 2 heterocycles. The van der Waals surface area contributed by atoms with Crippen molar-refractivity contribution >= 4 is 17.5 Å². The molecule has 0 spiro atoms. The molecule has 1 aliphatic heterocycles. The molecule has 0 fully saturated rings. The highest BCUT2D eigenvalue weighted by Crippen LogP contribution is 2.27. The smallest absolute Gasteiger partial charge is 0.253 e. The van der Waals surface area contributed by atoms with E-state index in [1.165, 1.54) is 0 Å². The van der Waals surface area contributed by atoms with Gasteiger partial charge in [0.1, 0.15) is 0 Å². The van der Waals surface area contributed by atoms with Crippen LogP contribution in [-0.2, 0) is 17.8 Å². The topological polar surface area (TPSA) is 62.3 Å². The number of benzene rings is 1. The zero-order chi connectivity index (χ0) is 15.5. The third kappa shape index (κ3) is 2.83. The minimum absolute atomic E-state index is 0.141. The van der Waals surface area contributed by atoms with Crippen LogP contribution < -0.4 is 10.2 Å². The Labute approximate surface area is 129 Å². The highest BCUT2D eigenvalue weighted by molar-refractivity contribution is 5.96. The van der Waals surface area contributed by atoms with E-state index < -0.39 is 0 Å². The Morgan fingerprint density at radius 2 is 2.18 bits per heavy atom. The van der Waals surface area contributed by atoms with Gasteiger partial charge in [-0.25, -0.2) is 0 Å². The second-order valence-corrected chi connectivity index (χ2v) is 5.34. The number of rotatable bonds is 3. The SMILES string of the molecule is CN1C(=O)CCc2cc(CNC(=O)c3cccnc3)ccc21. The van der Waals surface area contributed by atoms with Crippen LogP contribution in [0.4, 0.5) is 5.69 Å². The standard InChI is InChI=1S/C17H17N3O2/c1-20-15-6-4-12(9-13(15)5-7-16(20)21)10-19-17(22)14-3-2-8-18-11-14/h2-4,6,8-9,11H,5,7,10H2,1H3,(H,19,22). The number of hydrogen-bond donors (Lipinski definition) is 1. The van der Waals surface area contributed by atoms with Gasteiger partial charge in [-0.3, -0.25) is 14.6 Å². The van der Waals surface area contributed by atoms with Crippen molar-refractivity contribution in [3.8, 4) is 0 Å². The number of fused-ring (bicyclic) bond motifs is 1. The second-order valence-electron chi connectivity index (χ2n) is 5.34. The molecule has 0 atom stereocenters. The lowest BCUT2D eigenvalue weighted by atomic mass is 9.99. The monoisotopic (exact) mass is 295 g/mol. The molecule has 22 heavy (non-hydrogen) atoms. The van der Waals surface area contributed by atoms with Crippen LogP contribution in [0.25, 0.3) is 0 Å². The van der Waals surface area contributed by atoms with Crippen LogP contribution in [0.1, 0.15) is 27.9 Å². The van der Waals surface area contributed by atoms with E-state index in [-0.39, 0.29) is 11.8 Å². The molecule has 112 valence electrons. The lowest BCUT2D eigenvalue weighted by Gasteiger charge is -2.26. The van der Waals surface area contributed by atoms with Crippen LogP contribution in [0.15, 0.2) is 42.7 Å². The van der Waals surface area contributed by atoms with Crippen LogP contribution in [0, 0.1) is 0 Å². The summed E-state index contributed by atoms with van der Waals surface area (Å²) in [4.78, 5) is 29.3. The van der Waals surface area contributed by atoms with Crippen molar-refractivity contribution in [2.75, 3.05) is 11.9 Å². The van der Waals surface area contributed by atoms with E-state index in [9.17, 15) is 9.59 Å². The highest BCUT2D eigenvalue weighted by Gasteiger charge is 2.20. The van der Waals surface area contributed by atoms with E-state index in [1.807, 2.05) is 12.1 Å². The maximum Gasteiger partial charge on any atom is 0.253 e. The van der Waals surface area contributed by atoms with E-state index in [4.69, 9.17) is 0 Å². The Morgan fingerprint density at radius 1 is 1.32 bits per heavy atom. The number of carbonyl (C=O) groups is 2. The van der Waals surface area contributed by atoms with Gasteiger partial charge in [-0.05, 0) is 35.7 Å². The zero-order valence-corrected chi connectivity index (χ0v) is 12.4. The summed E-state index contributed by atoms with van der Waals surface area (Å²) in [5, 5.41) is 2.88. The molecular weight excluding hydrogens is 278 g/mol. The summed E-state index contributed by atoms with van der Waals surface area (Å²) in [6.45, 7) is 0.457. The van der Waals surface area contributed by atoms with Gasteiger partial charge < -0.3 is 10.2 Å². The Morgan fingerprint density at radius 3 is 2.95 bits per heavy atom. The number of pyridine rings is 1. The van der Waals surface area contributed by atoms with Crippen molar-refractivity contribution in [3.63, 3.8) is 0 Å². The number of carbonyl (C=O) groups excluding carboxylic acids is 2. The Balaban J connectivity index is 1.69. The number of anilines is 1. The molecule has 1 aromatic heterocycles. The number of nitrogens with zero attached hydrogens (tertiary/aromatic N) is 2. The largest absolute Gasteiger partial charge is 0.348 e. The molecule has 0 radical (unpaired) electrons. The summed E-state index contributed by atoms with van der Waals surface area (Å²) in [6.07, 6.45) is 4.47. The fourth-order valence-corrected chi connectivity index (χ4v) is 2.60. The van der Waals surface area contributed by atoms with Crippen LogP contribution in [0.5, 0.6) is 0 Å². The molecule has 1 N–H and O–H groups in total. The second kappa shape index (κ2) is 5.97. The molecule has 1 aliphatic rings. The molecule has 0 aliphatic carbocycles. The van der Waals surface area contributed by atoms with Crippen molar-refractivity contribution in [1.82, 2.24) is 10.3 Å². The van der Waals surface area contributed by atoms with Crippen LogP contribution in [0.3, 0.4) is 0 Å². The normalized spacial score (nSPS) is 13.7. The third-order valence-corrected chi connectivity index (χ3v) is 3.86. The number of nitrogens with one attached hydrogen (secondary N) is 1. The summed E-state index contributed by atoms with van der Waals surface area (Å²) in [7, 11) is 1.80. The molecule has 1 aromatic carbocycles. The van der Waals surface area contributed by atoms with Crippen molar-refractivity contribution in [1.29, 1.82) is 0 Å². The quantitative estimate of drug-likeness (QED) is 0.941. The first-order valence-corrected chi connectivity index (χ1v) is 7.22. The van der Waals surface area contributed by atoms with Crippen LogP contribution in [0.2, 0.25) is 0 Å². The minimum Gasteiger partial charge on any atom is -0.348 e. The van der Waals surface area contributed by atoms with Crippen molar-refractivity contribution < 1.29 is 9.59 Å². The summed E-state index contributed by atoms with van der Waals surface area (Å²) in [5.74, 6) is 0.00301. The Bertz CT molecular complexity index is 713. The fourth-order valence-electron chi connectivity index (χ4n) is 2.60. The van der Waals surface area contributed by atoms with Gasteiger partial charge in [0.05, 0.1) is 5.56 Å². The molecule has 5 heteroatoms. The molecule has 0 saturated heterocycles. The molecule has 0 unspecified atom stereocenters. The summed E-state index contributed by atoms with van der Waals surface area (Å²) >= 11 is 0. The number of hydrogen-bond acceptors (Lipinski definition) is 3. The number of aryl methyl sites for hydroxylation is 1. The van der Waals surface area contributed by atoms with E-state index >= 15 is 0 Å². The average Bonchev–Trinajstić information content (AvgIpc) is 2.57. The number of amides is 2. The van der Waals surface area contributed by atoms with Gasteiger partial charge in [0.25, 0.3) is 5.91 Å². The first-order valence-electron chi connectivity index (χ1n) is 7.22. The summed E-state index contributed by atoms with van der Waals surface area (Å²) in [6, 6.07) is 9.41. The first kappa shape index (κ1) is 14.3. The Hall–Kier alpha value is -2.69. The first-order chi connectivity index (χ1) is 10.6. The lowest BCUT2D eigenvalue weighted by Crippen LogP contribution is -2.31. The van der Waals surface area contributed by atoms with Crippen molar-refractivity contribution in [3.05, 3.63) is 59.4 Å². The van der Waals surface area contributed by atoms with Crippen molar-refractivity contribution in [2.24, 2.45) is 0 Å². The van der Waals surface area contributed by atoms with E-state index in [2.05, 4.69) is 16.4 Å². The van der Waals surface area contributed by atoms with Crippen molar-refractivity contribution in [2.45, 2.75) is 19.4 Å². The minimum atomic E-state index is -0.141. The van der Waals surface area contributed by atoms with Crippen LogP contribution >= 0.6 is 0 Å². The Kier molecular flexibility index (Phi) is 3.87. The molecule has 0 bridgehead atoms. The summed E-state index contributed by atoms with van der Waals surface area (Å²) < 4.78 is 0. The average molecular weight is 295 g/mol. The van der Waals surface area contributed by atoms with E-state index in [1.54, 1.807) is 36.5 Å².